The van der Waals surface area contributed by atoms with Crippen LogP contribution in [0, 0.1) is 53.3 Å². The van der Waals surface area contributed by atoms with Gasteiger partial charge in [-0.15, -0.1) is 0 Å². The number of fused-ring (bicyclic) bond motifs is 3. The third kappa shape index (κ3) is 6.97. The monoisotopic (exact) mass is 688 g/mol. The molecule has 3 aliphatic heterocycles. The summed E-state index contributed by atoms with van der Waals surface area (Å²) in [5.41, 5.74) is 0. The molecule has 0 aromatic heterocycles. The van der Waals surface area contributed by atoms with Gasteiger partial charge in [0.05, 0.1) is 25.2 Å². The summed E-state index contributed by atoms with van der Waals surface area (Å²) in [6.45, 7) is 10.6. The molecule has 14 heteroatoms. The van der Waals surface area contributed by atoms with Gasteiger partial charge in [-0.2, -0.15) is 0 Å². The molecule has 7 N–H and O–H groups in total. The first kappa shape index (κ1) is 37.9. The predicted octanol–water partition coefficient (Wildman–Crippen LogP) is -0.647. The average molecular weight is 689 g/mol. The summed E-state index contributed by atoms with van der Waals surface area (Å²) in [5, 5.41) is 72.5. The number of cyclic esters (lactones) is 1. The number of esters is 1. The van der Waals surface area contributed by atoms with Crippen molar-refractivity contribution in [3.05, 3.63) is 0 Å². The summed E-state index contributed by atoms with van der Waals surface area (Å²) < 4.78 is 29.3. The second kappa shape index (κ2) is 15.1. The normalized spacial score (nSPS) is 52.4. The van der Waals surface area contributed by atoms with Gasteiger partial charge in [-0.3, -0.25) is 9.59 Å². The molecular weight excluding hydrogens is 632 g/mol. The van der Waals surface area contributed by atoms with Gasteiger partial charge in [0.1, 0.15) is 60.7 Å². The van der Waals surface area contributed by atoms with E-state index in [1.54, 1.807) is 6.92 Å². The third-order valence-electron chi connectivity index (χ3n) is 12.0. The molecule has 2 aliphatic carbocycles. The minimum absolute atomic E-state index is 0.0424. The van der Waals surface area contributed by atoms with Crippen LogP contribution < -0.4 is 0 Å². The number of carbonyl (C=O) groups excluding carboxylic acids is 2. The Morgan fingerprint density at radius 2 is 1.33 bits per heavy atom. The van der Waals surface area contributed by atoms with Gasteiger partial charge < -0.3 is 59.4 Å². The van der Waals surface area contributed by atoms with Crippen LogP contribution in [0.3, 0.4) is 0 Å². The first-order valence-corrected chi connectivity index (χ1v) is 17.6. The van der Waals surface area contributed by atoms with E-state index in [2.05, 4.69) is 20.8 Å². The molecule has 0 bridgehead atoms. The number of ketones is 1. The number of Topliss-reactive ketones (excluding diaryl/α,β-unsaturated/α-hetero) is 1. The Bertz CT molecular complexity index is 1120. The summed E-state index contributed by atoms with van der Waals surface area (Å²) in [7, 11) is 0. The van der Waals surface area contributed by atoms with Crippen molar-refractivity contribution in [3.63, 3.8) is 0 Å². The van der Waals surface area contributed by atoms with Gasteiger partial charge >= 0.3 is 5.97 Å². The van der Waals surface area contributed by atoms with Gasteiger partial charge in [0.2, 0.25) is 0 Å². The maximum Gasteiger partial charge on any atom is 0.309 e. The lowest BCUT2D eigenvalue weighted by molar-refractivity contribution is -0.365. The minimum Gasteiger partial charge on any atom is -0.459 e. The highest BCUT2D eigenvalue weighted by atomic mass is 16.7. The molecule has 3 heterocycles. The van der Waals surface area contributed by atoms with E-state index in [0.29, 0.717) is 12.3 Å². The van der Waals surface area contributed by atoms with E-state index in [1.165, 1.54) is 0 Å². The lowest BCUT2D eigenvalue weighted by Gasteiger charge is -2.53. The fourth-order valence-electron chi connectivity index (χ4n) is 9.76. The van der Waals surface area contributed by atoms with E-state index in [0.717, 1.165) is 12.8 Å². The number of hydrogen-bond donors (Lipinski definition) is 7. The number of carbonyl (C=O) groups is 2. The second-order valence-electron chi connectivity index (χ2n) is 15.5. The van der Waals surface area contributed by atoms with Gasteiger partial charge in [-0.1, -0.05) is 34.6 Å². The average Bonchev–Trinajstić information content (AvgIpc) is 3.03. The van der Waals surface area contributed by atoms with Gasteiger partial charge in [-0.05, 0) is 61.7 Å². The molecule has 3 saturated heterocycles. The number of rotatable bonds is 7. The minimum atomic E-state index is -1.80. The Kier molecular flexibility index (Phi) is 12.0. The largest absolute Gasteiger partial charge is 0.459 e. The van der Waals surface area contributed by atoms with Crippen molar-refractivity contribution in [3.8, 4) is 0 Å². The molecule has 21 atom stereocenters. The number of ether oxygens (including phenoxy) is 5. The topological polar surface area (TPSA) is 222 Å². The zero-order valence-electron chi connectivity index (χ0n) is 28.6. The summed E-state index contributed by atoms with van der Waals surface area (Å²) >= 11 is 0. The lowest BCUT2D eigenvalue weighted by Crippen LogP contribution is -2.65. The molecule has 48 heavy (non-hydrogen) atoms. The molecule has 5 aliphatic rings. The first-order valence-electron chi connectivity index (χ1n) is 17.6. The highest BCUT2D eigenvalue weighted by Crippen LogP contribution is 2.54. The highest BCUT2D eigenvalue weighted by Gasteiger charge is 2.58. The zero-order valence-corrected chi connectivity index (χ0v) is 28.6. The van der Waals surface area contributed by atoms with E-state index in [9.17, 15) is 45.3 Å². The first-order chi connectivity index (χ1) is 22.6. The summed E-state index contributed by atoms with van der Waals surface area (Å²) in [6.07, 6.45) is -15.1. The number of aliphatic hydroxyl groups is 7. The fraction of sp³-hybridized carbons (Fsp3) is 0.941. The summed E-state index contributed by atoms with van der Waals surface area (Å²) in [6, 6.07) is 0. The number of hydrogen-bond acceptors (Lipinski definition) is 14. The smallest absolute Gasteiger partial charge is 0.309 e. The molecule has 1 unspecified atom stereocenters. The fourth-order valence-corrected chi connectivity index (χ4v) is 9.76. The van der Waals surface area contributed by atoms with Crippen LogP contribution in [0.25, 0.3) is 0 Å². The molecule has 0 amide bonds. The molecule has 14 nitrogen and oxygen atoms in total. The summed E-state index contributed by atoms with van der Waals surface area (Å²) in [4.78, 5) is 27.9. The number of aliphatic hydroxyl groups excluding tert-OH is 7. The Labute approximate surface area is 281 Å². The predicted molar refractivity (Wildman–Crippen MR) is 165 cm³/mol. The SMILES string of the molecule is CC(O[C@@H]1O[C@H](CO)[C@@H](O)[C@H](O[C@@H]2O[C@H](CO)[C@@H](O)[C@H](O)[C@H]2O)[C@H]1O)[C@@H]1OC(=O)[C@H]2[C@@H]3[C@@H](C)C[C@@H](C)C[C@H]3C(=O)[C@@H](C)[C@H]2[C@@H](C)C[C@H]1C. The van der Waals surface area contributed by atoms with Crippen molar-refractivity contribution in [1.29, 1.82) is 0 Å². The maximum absolute atomic E-state index is 14.2. The second-order valence-corrected chi connectivity index (χ2v) is 15.5. The molecule has 0 aromatic carbocycles. The molecule has 5 fully saturated rings. The van der Waals surface area contributed by atoms with Crippen molar-refractivity contribution in [2.75, 3.05) is 13.2 Å². The van der Waals surface area contributed by atoms with E-state index < -0.39 is 92.8 Å². The van der Waals surface area contributed by atoms with Gasteiger partial charge in [0.25, 0.3) is 0 Å². The van der Waals surface area contributed by atoms with Crippen molar-refractivity contribution in [1.82, 2.24) is 0 Å². The Morgan fingerprint density at radius 1 is 0.729 bits per heavy atom. The highest BCUT2D eigenvalue weighted by molar-refractivity contribution is 5.88. The van der Waals surface area contributed by atoms with E-state index in [-0.39, 0.29) is 53.2 Å². The Morgan fingerprint density at radius 3 is 1.98 bits per heavy atom. The van der Waals surface area contributed by atoms with Crippen LogP contribution in [0.2, 0.25) is 0 Å². The standard InChI is InChI=1S/C34H56O14/c1-12-7-13(2)22-18(8-12)24(37)16(5)21-14(3)9-15(4)30(47-32(43)23(21)22)17(6)44-34-29(42)31(26(39)20(11-36)46-34)48-33-28(41)27(40)25(38)19(10-35)45-33/h12-23,25-31,33-36,38-42H,7-11H2,1-6H3/t12-,13+,14+,15-,16+,17?,18-,19-,20-,21-,22-,23-,25-,26-,27+,28-,29-,30-,31+,33+,34-/m1/s1. The third-order valence-corrected chi connectivity index (χ3v) is 12.0. The van der Waals surface area contributed by atoms with Gasteiger partial charge in [-0.25, -0.2) is 0 Å². The van der Waals surface area contributed by atoms with Crippen LogP contribution in [0.15, 0.2) is 0 Å². The lowest BCUT2D eigenvalue weighted by atomic mass is 9.51. The van der Waals surface area contributed by atoms with Crippen molar-refractivity contribution in [2.45, 2.75) is 134 Å². The molecule has 2 saturated carbocycles. The van der Waals surface area contributed by atoms with Crippen LogP contribution in [0.5, 0.6) is 0 Å². The van der Waals surface area contributed by atoms with Crippen LogP contribution in [-0.2, 0) is 33.3 Å². The van der Waals surface area contributed by atoms with Crippen LogP contribution >= 0.6 is 0 Å². The van der Waals surface area contributed by atoms with Gasteiger partial charge in [0.15, 0.2) is 12.6 Å². The van der Waals surface area contributed by atoms with E-state index in [4.69, 9.17) is 23.7 Å². The molecular formula is C34H56O14. The van der Waals surface area contributed by atoms with Crippen molar-refractivity contribution in [2.24, 2.45) is 53.3 Å². The Hall–Kier alpha value is -1.30. The molecule has 0 aromatic rings. The molecule has 0 radical (unpaired) electrons. The van der Waals surface area contributed by atoms with Crippen LogP contribution in [0.4, 0.5) is 0 Å². The quantitative estimate of drug-likeness (QED) is 0.165. The van der Waals surface area contributed by atoms with E-state index in [1.807, 2.05) is 13.8 Å². The summed E-state index contributed by atoms with van der Waals surface area (Å²) in [5.74, 6) is -0.817. The Balaban J connectivity index is 1.34. The molecule has 5 rings (SSSR count). The van der Waals surface area contributed by atoms with Crippen LogP contribution in [-0.4, -0.2) is 134 Å². The molecule has 276 valence electrons. The van der Waals surface area contributed by atoms with Crippen molar-refractivity contribution >= 4 is 11.8 Å². The van der Waals surface area contributed by atoms with E-state index >= 15 is 0 Å². The van der Waals surface area contributed by atoms with Gasteiger partial charge in [0, 0.05) is 11.8 Å². The van der Waals surface area contributed by atoms with Crippen molar-refractivity contribution < 1.29 is 69.0 Å². The molecule has 0 spiro atoms. The maximum atomic E-state index is 14.2. The zero-order chi connectivity index (χ0) is 35.4. The van der Waals surface area contributed by atoms with Crippen LogP contribution in [0.1, 0.15) is 60.8 Å².